The van der Waals surface area contributed by atoms with E-state index in [9.17, 15) is 8.42 Å². The van der Waals surface area contributed by atoms with E-state index in [1.807, 2.05) is 0 Å². The van der Waals surface area contributed by atoms with E-state index in [0.717, 1.165) is 11.3 Å². The lowest BCUT2D eigenvalue weighted by Crippen LogP contribution is -1.92. The Kier molecular flexibility index (Phi) is 2.97. The molecule has 58 valence electrons. The molecule has 0 saturated carbocycles. The Balaban J connectivity index is 0.000000810. The van der Waals surface area contributed by atoms with Crippen LogP contribution in [-0.4, -0.2) is 13.0 Å². The molecule has 0 aromatic carbocycles. The highest BCUT2D eigenvalue weighted by Gasteiger charge is 2.08. The Hall–Kier alpha value is -0.430. The monoisotopic (exact) mass is 181 g/mol. The largest absolute Gasteiger partial charge is 0.344 e. The fraction of sp³-hybridized carbons (Fsp3) is 0. The van der Waals surface area contributed by atoms with Crippen LogP contribution in [0.15, 0.2) is 21.7 Å². The van der Waals surface area contributed by atoms with Gasteiger partial charge in [-0.25, -0.2) is 0 Å². The summed E-state index contributed by atoms with van der Waals surface area (Å²) in [7, 11) is -3.94. The van der Waals surface area contributed by atoms with Gasteiger partial charge in [0.15, 0.2) is 0 Å². The number of rotatable bonds is 1. The summed E-state index contributed by atoms with van der Waals surface area (Å²) in [4.78, 5) is 0. The highest BCUT2D eigenvalue weighted by molar-refractivity contribution is 7.88. The number of hydrogen-bond acceptors (Lipinski definition) is 4. The summed E-state index contributed by atoms with van der Waals surface area (Å²) in [6.07, 6.45) is 0. The molecule has 0 amide bonds. The quantitative estimate of drug-likeness (QED) is 0.636. The average molecular weight is 181 g/mol. The van der Waals surface area contributed by atoms with Gasteiger partial charge in [0.2, 0.25) is 0 Å². The normalized spacial score (nSPS) is 10.5. The minimum absolute atomic E-state index is 0. The molecule has 1 aromatic heterocycles. The summed E-state index contributed by atoms with van der Waals surface area (Å²) >= 11 is 0.992. The zero-order valence-corrected chi connectivity index (χ0v) is 6.65. The third kappa shape index (κ3) is 2.07. The Morgan fingerprint density at radius 3 is 2.30 bits per heavy atom. The molecule has 4 N–H and O–H groups in total. The smallest absolute Gasteiger partial charge is 0.304 e. The van der Waals surface area contributed by atoms with E-state index in [1.165, 1.54) is 6.07 Å². The second-order valence-corrected chi connectivity index (χ2v) is 4.00. The lowest BCUT2D eigenvalue weighted by Gasteiger charge is -1.84. The topological polar surface area (TPSA) is 89.4 Å². The number of thiophene rings is 1. The number of hydrogen-bond donors (Lipinski definition) is 2. The first-order chi connectivity index (χ1) is 4.11. The van der Waals surface area contributed by atoms with Crippen LogP contribution in [0.1, 0.15) is 0 Å². The molecule has 0 radical (unpaired) electrons. The van der Waals surface area contributed by atoms with E-state index in [-0.39, 0.29) is 10.4 Å². The first-order valence-corrected chi connectivity index (χ1v) is 4.43. The zero-order chi connectivity index (χ0) is 6.91. The molecule has 0 spiro atoms. The minimum Gasteiger partial charge on any atom is -0.344 e. The molecule has 0 aliphatic carbocycles. The van der Waals surface area contributed by atoms with E-state index in [1.54, 1.807) is 11.4 Å². The van der Waals surface area contributed by atoms with Crippen LogP contribution in [0.5, 0.6) is 0 Å². The predicted octanol–water partition coefficient (Wildman–Crippen LogP) is 1.16. The summed E-state index contributed by atoms with van der Waals surface area (Å²) in [6.45, 7) is 0. The first-order valence-electron chi connectivity index (χ1n) is 2.12. The van der Waals surface area contributed by atoms with Gasteiger partial charge < -0.3 is 6.15 Å². The molecule has 0 bridgehead atoms. The highest BCUT2D eigenvalue weighted by atomic mass is 32.3. The maximum Gasteiger partial charge on any atom is 0.304 e. The Bertz CT molecular complexity index is 275. The second kappa shape index (κ2) is 3.11. The molecule has 0 aliphatic heterocycles. The van der Waals surface area contributed by atoms with E-state index in [0.29, 0.717) is 0 Å². The molecular formula is C4H7NO3S2. The highest BCUT2D eigenvalue weighted by Crippen LogP contribution is 2.14. The molecule has 10 heavy (non-hydrogen) atoms. The lowest BCUT2D eigenvalue weighted by atomic mass is 10.7. The van der Waals surface area contributed by atoms with Crippen molar-refractivity contribution in [1.29, 1.82) is 0 Å². The van der Waals surface area contributed by atoms with Crippen molar-refractivity contribution >= 4 is 21.5 Å². The van der Waals surface area contributed by atoms with E-state index in [2.05, 4.69) is 0 Å². The fourth-order valence-electron chi connectivity index (χ4n) is 0.410. The van der Waals surface area contributed by atoms with E-state index >= 15 is 0 Å². The van der Waals surface area contributed by atoms with Gasteiger partial charge in [-0.05, 0) is 11.4 Å². The maximum atomic E-state index is 10.3. The Morgan fingerprint density at radius 2 is 2.10 bits per heavy atom. The third-order valence-corrected chi connectivity index (χ3v) is 2.98. The minimum atomic E-state index is -3.94. The van der Waals surface area contributed by atoms with Crippen LogP contribution in [0.25, 0.3) is 0 Å². The van der Waals surface area contributed by atoms with Crippen LogP contribution in [0, 0.1) is 0 Å². The van der Waals surface area contributed by atoms with Gasteiger partial charge in [0.1, 0.15) is 4.21 Å². The van der Waals surface area contributed by atoms with Gasteiger partial charge >= 0.3 is 10.1 Å². The van der Waals surface area contributed by atoms with Gasteiger partial charge in [0.25, 0.3) is 0 Å². The fourth-order valence-corrected chi connectivity index (χ4v) is 1.76. The van der Waals surface area contributed by atoms with E-state index < -0.39 is 10.1 Å². The van der Waals surface area contributed by atoms with Crippen molar-refractivity contribution in [3.63, 3.8) is 0 Å². The van der Waals surface area contributed by atoms with Gasteiger partial charge in [0, 0.05) is 0 Å². The predicted molar refractivity (Wildman–Crippen MR) is 39.2 cm³/mol. The van der Waals surface area contributed by atoms with Crippen molar-refractivity contribution in [3.05, 3.63) is 17.5 Å². The molecular weight excluding hydrogens is 174 g/mol. The molecule has 6 heteroatoms. The van der Waals surface area contributed by atoms with Crippen LogP contribution in [0.3, 0.4) is 0 Å². The molecule has 0 atom stereocenters. The van der Waals surface area contributed by atoms with Crippen LogP contribution in [0.2, 0.25) is 0 Å². The van der Waals surface area contributed by atoms with Crippen molar-refractivity contribution in [2.75, 3.05) is 0 Å². The third-order valence-electron chi connectivity index (χ3n) is 0.749. The van der Waals surface area contributed by atoms with Crippen molar-refractivity contribution in [2.24, 2.45) is 0 Å². The summed E-state index contributed by atoms with van der Waals surface area (Å²) in [5.41, 5.74) is 0. The molecule has 1 heterocycles. The summed E-state index contributed by atoms with van der Waals surface area (Å²) < 4.78 is 28.9. The molecule has 4 nitrogen and oxygen atoms in total. The van der Waals surface area contributed by atoms with Crippen molar-refractivity contribution in [3.8, 4) is 0 Å². The van der Waals surface area contributed by atoms with Gasteiger partial charge in [-0.2, -0.15) is 8.42 Å². The Morgan fingerprint density at radius 1 is 1.50 bits per heavy atom. The van der Waals surface area contributed by atoms with Gasteiger partial charge in [-0.3, -0.25) is 4.55 Å². The van der Waals surface area contributed by atoms with Crippen molar-refractivity contribution in [1.82, 2.24) is 6.15 Å². The van der Waals surface area contributed by atoms with Crippen LogP contribution < -0.4 is 6.15 Å². The van der Waals surface area contributed by atoms with Crippen molar-refractivity contribution < 1.29 is 13.0 Å². The molecule has 0 fully saturated rings. The van der Waals surface area contributed by atoms with Crippen LogP contribution in [-0.2, 0) is 10.1 Å². The lowest BCUT2D eigenvalue weighted by molar-refractivity contribution is 0.485. The van der Waals surface area contributed by atoms with Gasteiger partial charge in [0.05, 0.1) is 0 Å². The molecule has 1 rings (SSSR count). The second-order valence-electron chi connectivity index (χ2n) is 1.41. The summed E-state index contributed by atoms with van der Waals surface area (Å²) in [5, 5.41) is 1.59. The first kappa shape index (κ1) is 9.57. The average Bonchev–Trinajstić information content (AvgIpc) is 2.08. The SMILES string of the molecule is N.O=S(=O)(O)c1cccs1. The molecule has 0 unspecified atom stereocenters. The maximum absolute atomic E-state index is 10.3. The molecule has 0 aliphatic rings. The standard InChI is InChI=1S/C4H4O3S2.H3N/c5-9(6,7)4-2-1-3-8-4;/h1-3H,(H,5,6,7);1H3. The Labute approximate surface area is 62.8 Å². The van der Waals surface area contributed by atoms with Gasteiger partial charge in [-0.15, -0.1) is 11.3 Å². The van der Waals surface area contributed by atoms with Crippen LogP contribution >= 0.6 is 11.3 Å². The molecule has 0 saturated heterocycles. The summed E-state index contributed by atoms with van der Waals surface area (Å²) in [5.74, 6) is 0. The van der Waals surface area contributed by atoms with Crippen LogP contribution in [0.4, 0.5) is 0 Å². The zero-order valence-electron chi connectivity index (χ0n) is 5.02. The van der Waals surface area contributed by atoms with E-state index in [4.69, 9.17) is 4.55 Å². The summed E-state index contributed by atoms with van der Waals surface area (Å²) in [6, 6.07) is 2.91. The van der Waals surface area contributed by atoms with Gasteiger partial charge in [-0.1, -0.05) is 6.07 Å². The molecule has 1 aromatic rings. The van der Waals surface area contributed by atoms with Crippen molar-refractivity contribution in [2.45, 2.75) is 4.21 Å².